The molecular weight excluding hydrogens is 534 g/mol. The van der Waals surface area contributed by atoms with Crippen LogP contribution in [-0.2, 0) is 29.2 Å². The number of nitrogens with zero attached hydrogens (tertiary/aromatic N) is 6. The van der Waals surface area contributed by atoms with Crippen molar-refractivity contribution in [2.24, 2.45) is 0 Å². The van der Waals surface area contributed by atoms with Gasteiger partial charge in [0.2, 0.25) is 5.95 Å². The second-order valence-electron chi connectivity index (χ2n) is 10.6. The fraction of sp³-hybridized carbons (Fsp3) is 0.452. The van der Waals surface area contributed by atoms with Gasteiger partial charge in [0.1, 0.15) is 6.54 Å². The molecule has 1 aliphatic heterocycles. The van der Waals surface area contributed by atoms with Crippen molar-refractivity contribution in [2.75, 3.05) is 31.6 Å². The van der Waals surface area contributed by atoms with Crippen LogP contribution in [0.3, 0.4) is 0 Å². The molecule has 220 valence electrons. The van der Waals surface area contributed by atoms with E-state index in [4.69, 9.17) is 14.7 Å². The highest BCUT2D eigenvalue weighted by Crippen LogP contribution is 2.24. The van der Waals surface area contributed by atoms with Crippen LogP contribution in [0.15, 0.2) is 39.9 Å². The number of hydrogen-bond donors (Lipinski definition) is 1. The lowest BCUT2D eigenvalue weighted by atomic mass is 10.1. The first-order valence-electron chi connectivity index (χ1n) is 14.4. The number of aromatic nitrogens is 5. The third-order valence-electron chi connectivity index (χ3n) is 7.63. The number of esters is 1. The quantitative estimate of drug-likeness (QED) is 0.241. The molecule has 11 heteroatoms. The number of imidazole rings is 1. The van der Waals surface area contributed by atoms with Crippen LogP contribution in [0.1, 0.15) is 44.5 Å². The summed E-state index contributed by atoms with van der Waals surface area (Å²) in [6.45, 7) is 6.97. The van der Waals surface area contributed by atoms with Gasteiger partial charge in [0.05, 0.1) is 25.4 Å². The second kappa shape index (κ2) is 12.6. The lowest BCUT2D eigenvalue weighted by molar-refractivity contribution is -0.144. The van der Waals surface area contributed by atoms with E-state index < -0.39 is 17.2 Å². The first kappa shape index (κ1) is 29.1. The molecule has 3 aromatic heterocycles. The largest absolute Gasteiger partial charge is 0.464 e. The predicted molar refractivity (Wildman–Crippen MR) is 163 cm³/mol. The highest BCUT2D eigenvalue weighted by atomic mass is 16.5. The van der Waals surface area contributed by atoms with E-state index in [2.05, 4.69) is 22.1 Å². The molecule has 1 aliphatic rings. The van der Waals surface area contributed by atoms with Gasteiger partial charge in [-0.3, -0.25) is 28.3 Å². The molecule has 11 nitrogen and oxygen atoms in total. The van der Waals surface area contributed by atoms with E-state index in [1.54, 1.807) is 11.5 Å². The molecule has 42 heavy (non-hydrogen) atoms. The van der Waals surface area contributed by atoms with E-state index in [0.717, 1.165) is 40.4 Å². The Labute approximate surface area is 244 Å². The number of carbonyl (C=O) groups excluding carboxylic acids is 1. The molecule has 0 saturated carbocycles. The summed E-state index contributed by atoms with van der Waals surface area (Å²) < 4.78 is 9.52. The van der Waals surface area contributed by atoms with Gasteiger partial charge in [-0.05, 0) is 51.6 Å². The fourth-order valence-corrected chi connectivity index (χ4v) is 5.58. The Kier molecular flexibility index (Phi) is 8.73. The highest BCUT2D eigenvalue weighted by molar-refractivity contribution is 5.85. The van der Waals surface area contributed by atoms with Crippen molar-refractivity contribution in [2.45, 2.75) is 65.7 Å². The number of hydrogen-bond acceptors (Lipinski definition) is 8. The zero-order chi connectivity index (χ0) is 29.8. The van der Waals surface area contributed by atoms with Crippen molar-refractivity contribution in [1.29, 1.82) is 0 Å². The molecule has 0 amide bonds. The minimum absolute atomic E-state index is 0.0642. The van der Waals surface area contributed by atoms with Crippen LogP contribution in [0.5, 0.6) is 0 Å². The van der Waals surface area contributed by atoms with Gasteiger partial charge in [-0.1, -0.05) is 37.1 Å². The van der Waals surface area contributed by atoms with Gasteiger partial charge in [-0.15, -0.1) is 5.92 Å². The fourth-order valence-electron chi connectivity index (χ4n) is 5.58. The number of fused-ring (bicyclic) bond motifs is 2. The number of ether oxygens (including phenoxy) is 1. The summed E-state index contributed by atoms with van der Waals surface area (Å²) in [5, 5.41) is 5.15. The molecule has 1 unspecified atom stereocenters. The predicted octanol–water partition coefficient (Wildman–Crippen LogP) is 2.43. The summed E-state index contributed by atoms with van der Waals surface area (Å²) >= 11 is 0. The molecular formula is C31H37N7O4. The minimum atomic E-state index is -0.641. The van der Waals surface area contributed by atoms with Crippen molar-refractivity contribution in [3.05, 3.63) is 62.6 Å². The van der Waals surface area contributed by atoms with E-state index in [1.807, 2.05) is 51.2 Å². The molecule has 1 saturated heterocycles. The molecule has 4 aromatic rings. The van der Waals surface area contributed by atoms with E-state index in [9.17, 15) is 14.4 Å². The van der Waals surface area contributed by atoms with Crippen LogP contribution in [0.4, 0.5) is 5.95 Å². The van der Waals surface area contributed by atoms with Gasteiger partial charge < -0.3 is 15.0 Å². The van der Waals surface area contributed by atoms with Gasteiger partial charge in [0.25, 0.3) is 5.56 Å². The zero-order valence-corrected chi connectivity index (χ0v) is 24.6. The maximum atomic E-state index is 14.3. The van der Waals surface area contributed by atoms with E-state index in [0.29, 0.717) is 24.6 Å². The monoisotopic (exact) mass is 571 g/mol. The average Bonchev–Trinajstić information content (AvgIpc) is 3.38. The Morgan fingerprint density at radius 2 is 1.98 bits per heavy atom. The van der Waals surface area contributed by atoms with Crippen LogP contribution >= 0.6 is 0 Å². The second-order valence-corrected chi connectivity index (χ2v) is 10.6. The maximum Gasteiger partial charge on any atom is 0.333 e. The number of anilines is 1. The summed E-state index contributed by atoms with van der Waals surface area (Å²) in [7, 11) is 1.93. The third kappa shape index (κ3) is 5.67. The number of nitrogens with one attached hydrogen (secondary N) is 1. The van der Waals surface area contributed by atoms with Gasteiger partial charge in [0, 0.05) is 30.2 Å². The van der Waals surface area contributed by atoms with Crippen molar-refractivity contribution in [3.63, 3.8) is 0 Å². The number of pyridine rings is 1. The molecule has 4 heterocycles. The summed E-state index contributed by atoms with van der Waals surface area (Å²) in [5.74, 6) is 5.97. The van der Waals surface area contributed by atoms with Gasteiger partial charge in [-0.25, -0.2) is 4.79 Å². The molecule has 0 radical (unpaired) electrons. The number of benzene rings is 1. The molecule has 1 fully saturated rings. The molecule has 1 N–H and O–H groups in total. The smallest absolute Gasteiger partial charge is 0.333 e. The van der Waals surface area contributed by atoms with Crippen molar-refractivity contribution >= 4 is 33.9 Å². The Morgan fingerprint density at radius 3 is 2.74 bits per heavy atom. The molecule has 5 rings (SSSR count). The SMILES string of the molecule is CC#CCn1c(N2CCCC(NC)C2)nc2c1c(=O)n(Cc1nc(C)cc3ccccc13)c(=O)n2CC(=O)OCCC. The number of likely N-dealkylation sites (N-methyl/N-ethyl adjacent to an activating group) is 1. The van der Waals surface area contributed by atoms with Crippen LogP contribution in [0, 0.1) is 18.8 Å². The third-order valence-corrected chi connectivity index (χ3v) is 7.63. The average molecular weight is 572 g/mol. The van der Waals surface area contributed by atoms with E-state index in [1.165, 1.54) is 4.57 Å². The molecule has 1 aromatic carbocycles. The number of rotatable bonds is 9. The summed E-state index contributed by atoms with van der Waals surface area (Å²) in [6.07, 6.45) is 2.62. The summed E-state index contributed by atoms with van der Waals surface area (Å²) in [6, 6.07) is 9.96. The topological polar surface area (TPSA) is 116 Å². The number of carbonyl (C=O) groups is 1. The van der Waals surface area contributed by atoms with Gasteiger partial charge in [-0.2, -0.15) is 4.98 Å². The normalized spacial score (nSPS) is 15.1. The molecule has 1 atom stereocenters. The van der Waals surface area contributed by atoms with Gasteiger partial charge in [0.15, 0.2) is 11.2 Å². The van der Waals surface area contributed by atoms with Crippen LogP contribution in [0.25, 0.3) is 21.9 Å². The van der Waals surface area contributed by atoms with Crippen molar-refractivity contribution in [3.8, 4) is 11.8 Å². The van der Waals surface area contributed by atoms with Crippen LogP contribution in [0.2, 0.25) is 0 Å². The zero-order valence-electron chi connectivity index (χ0n) is 24.6. The first-order chi connectivity index (χ1) is 20.4. The lowest BCUT2D eigenvalue weighted by Gasteiger charge is -2.33. The Bertz CT molecular complexity index is 1810. The van der Waals surface area contributed by atoms with E-state index >= 15 is 0 Å². The number of aryl methyl sites for hydroxylation is 1. The lowest BCUT2D eigenvalue weighted by Crippen LogP contribution is -2.45. The first-order valence-corrected chi connectivity index (χ1v) is 14.4. The number of piperidine rings is 1. The highest BCUT2D eigenvalue weighted by Gasteiger charge is 2.28. The Balaban J connectivity index is 1.75. The van der Waals surface area contributed by atoms with E-state index in [-0.39, 0.29) is 43.4 Å². The molecule has 0 aliphatic carbocycles. The molecule has 0 bridgehead atoms. The summed E-state index contributed by atoms with van der Waals surface area (Å²) in [4.78, 5) is 52.8. The minimum Gasteiger partial charge on any atom is -0.464 e. The standard InChI is InChI=1S/C31H37N7O4/c1-5-7-15-36-27-28(34-30(36)35-14-10-12-23(18-35)32-4)37(20-26(39)42-16-6-2)31(41)38(29(27)40)19-25-24-13-9-8-11-22(24)17-21(3)33-25/h8-9,11,13,17,23,32H,6,10,12,14-16,18-20H2,1-4H3. The van der Waals surface area contributed by atoms with Crippen molar-refractivity contribution in [1.82, 2.24) is 29.0 Å². The Morgan fingerprint density at radius 1 is 1.17 bits per heavy atom. The van der Waals surface area contributed by atoms with Gasteiger partial charge >= 0.3 is 11.7 Å². The van der Waals surface area contributed by atoms with Crippen LogP contribution in [-0.4, -0.2) is 62.4 Å². The van der Waals surface area contributed by atoms with Crippen LogP contribution < -0.4 is 21.5 Å². The Hall–Kier alpha value is -4.43. The van der Waals surface area contributed by atoms with Crippen molar-refractivity contribution < 1.29 is 9.53 Å². The molecule has 0 spiro atoms. The summed E-state index contributed by atoms with van der Waals surface area (Å²) in [5.41, 5.74) is 0.598. The maximum absolute atomic E-state index is 14.3.